The van der Waals surface area contributed by atoms with Gasteiger partial charge in [-0.3, -0.25) is 0 Å². The molecule has 0 radical (unpaired) electrons. The summed E-state index contributed by atoms with van der Waals surface area (Å²) < 4.78 is 5.23. The molecular formula is C30H41NO. The van der Waals surface area contributed by atoms with E-state index in [1.54, 1.807) is 14.0 Å². The Kier molecular flexibility index (Phi) is 20.3. The van der Waals surface area contributed by atoms with Crippen LogP contribution < -0.4 is 4.74 Å². The maximum Gasteiger partial charge on any atom is 0.119 e. The van der Waals surface area contributed by atoms with Crippen molar-refractivity contribution in [2.75, 3.05) is 7.11 Å². The van der Waals surface area contributed by atoms with E-state index in [-0.39, 0.29) is 5.92 Å². The molecule has 0 aliphatic carbocycles. The van der Waals surface area contributed by atoms with Crippen molar-refractivity contribution >= 4 is 0 Å². The molecule has 2 rings (SSSR count). The number of terminal acetylenes is 1. The van der Waals surface area contributed by atoms with E-state index >= 15 is 0 Å². The average Bonchev–Trinajstić information content (AvgIpc) is 2.81. The Hall–Kier alpha value is -3.23. The third-order valence-electron chi connectivity index (χ3n) is 3.95. The molecule has 2 aromatic rings. The summed E-state index contributed by atoms with van der Waals surface area (Å²) >= 11 is 0. The summed E-state index contributed by atoms with van der Waals surface area (Å²) in [4.78, 5) is 0. The Morgan fingerprint density at radius 2 is 1.72 bits per heavy atom. The summed E-state index contributed by atoms with van der Waals surface area (Å²) in [5.41, 5.74) is 4.46. The fraction of sp³-hybridized carbons (Fsp3) is 0.367. The second kappa shape index (κ2) is 21.0. The van der Waals surface area contributed by atoms with Gasteiger partial charge in [-0.05, 0) is 49.9 Å². The number of hydrogen-bond donors (Lipinski definition) is 0. The highest BCUT2D eigenvalue weighted by Crippen LogP contribution is 2.26. The van der Waals surface area contributed by atoms with Crippen LogP contribution in [-0.4, -0.2) is 7.11 Å². The lowest BCUT2D eigenvalue weighted by Gasteiger charge is -2.11. The number of rotatable bonds is 7. The minimum absolute atomic E-state index is 0.211. The zero-order valence-corrected chi connectivity index (χ0v) is 21.1. The van der Waals surface area contributed by atoms with Gasteiger partial charge in [0.05, 0.1) is 19.1 Å². The topological polar surface area (TPSA) is 33.0 Å². The summed E-state index contributed by atoms with van der Waals surface area (Å²) in [7, 11) is 1.63. The molecule has 0 heterocycles. The quantitative estimate of drug-likeness (QED) is 0.325. The van der Waals surface area contributed by atoms with Crippen molar-refractivity contribution in [3.05, 3.63) is 89.5 Å². The SMILES string of the molecule is C#CC.C=C(/C=C\Cc1ccc(C)cc1)CC(C#N)c1cccc(OC)c1.CC.CCC. The van der Waals surface area contributed by atoms with Crippen LogP contribution in [0.25, 0.3) is 0 Å². The normalized spacial score (nSPS) is 9.91. The first-order valence-corrected chi connectivity index (χ1v) is 11.3. The first-order valence-electron chi connectivity index (χ1n) is 11.3. The van der Waals surface area contributed by atoms with E-state index in [0.29, 0.717) is 6.42 Å². The zero-order valence-electron chi connectivity index (χ0n) is 21.1. The lowest BCUT2D eigenvalue weighted by atomic mass is 9.93. The van der Waals surface area contributed by atoms with Crippen molar-refractivity contribution in [3.8, 4) is 24.2 Å². The average molecular weight is 432 g/mol. The molecule has 0 aromatic heterocycles. The molecule has 0 amide bonds. The molecule has 32 heavy (non-hydrogen) atoms. The molecule has 2 aromatic carbocycles. The van der Waals surface area contributed by atoms with Gasteiger partial charge in [-0.2, -0.15) is 5.26 Å². The highest BCUT2D eigenvalue weighted by atomic mass is 16.5. The molecule has 0 aliphatic heterocycles. The van der Waals surface area contributed by atoms with Crippen LogP contribution in [0.3, 0.4) is 0 Å². The van der Waals surface area contributed by atoms with E-state index < -0.39 is 0 Å². The number of hydrogen-bond acceptors (Lipinski definition) is 2. The Morgan fingerprint density at radius 3 is 2.22 bits per heavy atom. The number of nitriles is 1. The predicted octanol–water partition coefficient (Wildman–Crippen LogP) is 8.44. The van der Waals surface area contributed by atoms with Gasteiger partial charge in [-0.15, -0.1) is 12.3 Å². The summed E-state index contributed by atoms with van der Waals surface area (Å²) in [6.07, 6.45) is 11.5. The molecule has 1 atom stereocenters. The predicted molar refractivity (Wildman–Crippen MR) is 141 cm³/mol. The Labute approximate surface area is 197 Å². The highest BCUT2D eigenvalue weighted by molar-refractivity contribution is 5.35. The fourth-order valence-corrected chi connectivity index (χ4v) is 2.51. The molecule has 0 N–H and O–H groups in total. The van der Waals surface area contributed by atoms with E-state index in [9.17, 15) is 5.26 Å². The van der Waals surface area contributed by atoms with Crippen molar-refractivity contribution in [1.82, 2.24) is 0 Å². The molecule has 0 saturated heterocycles. The van der Waals surface area contributed by atoms with Crippen LogP contribution in [0, 0.1) is 30.6 Å². The second-order valence-corrected chi connectivity index (χ2v) is 6.91. The van der Waals surface area contributed by atoms with E-state index in [2.05, 4.69) is 76.1 Å². The van der Waals surface area contributed by atoms with Crippen molar-refractivity contribution in [2.24, 2.45) is 0 Å². The second-order valence-electron chi connectivity index (χ2n) is 6.91. The monoisotopic (exact) mass is 431 g/mol. The first-order chi connectivity index (χ1) is 15.4. The third-order valence-corrected chi connectivity index (χ3v) is 3.95. The molecule has 0 spiro atoms. The van der Waals surface area contributed by atoms with Gasteiger partial charge < -0.3 is 4.74 Å². The van der Waals surface area contributed by atoms with Crippen LogP contribution in [0.4, 0.5) is 0 Å². The van der Waals surface area contributed by atoms with Crippen molar-refractivity contribution in [2.45, 2.75) is 66.7 Å². The molecule has 172 valence electrons. The molecule has 0 saturated carbocycles. The third kappa shape index (κ3) is 14.7. The molecule has 1 unspecified atom stereocenters. The number of nitrogens with zero attached hydrogens (tertiary/aromatic N) is 1. The molecule has 0 fully saturated rings. The number of methoxy groups -OCH3 is 1. The van der Waals surface area contributed by atoms with Gasteiger partial charge in [0, 0.05) is 0 Å². The molecule has 2 heteroatoms. The number of allylic oxidation sites excluding steroid dienone is 3. The minimum Gasteiger partial charge on any atom is -0.497 e. The Balaban J connectivity index is 0. The van der Waals surface area contributed by atoms with Gasteiger partial charge in [0.1, 0.15) is 5.75 Å². The highest BCUT2D eigenvalue weighted by Gasteiger charge is 2.12. The van der Waals surface area contributed by atoms with Gasteiger partial charge in [0.15, 0.2) is 0 Å². The Morgan fingerprint density at radius 1 is 1.16 bits per heavy atom. The molecular weight excluding hydrogens is 390 g/mol. The van der Waals surface area contributed by atoms with Crippen molar-refractivity contribution in [1.29, 1.82) is 5.26 Å². The number of ether oxygens (including phenoxy) is 1. The standard InChI is InChI=1S/C22H23NO.C3H8.C3H4.C2H6/c1-17-10-12-19(13-11-17)7-4-6-18(2)14-21(16-23)20-8-5-9-22(15-20)24-3;2*1-3-2;1-2/h4-6,8-13,15,21H,2,7,14H2,1,3H3;3H2,1-2H3;1H,2H3;1-2H3/b6-4-;;;. The minimum atomic E-state index is -0.211. The summed E-state index contributed by atoms with van der Waals surface area (Å²) in [6.45, 7) is 16.1. The van der Waals surface area contributed by atoms with Gasteiger partial charge in [0.2, 0.25) is 0 Å². The lowest BCUT2D eigenvalue weighted by molar-refractivity contribution is 0.414. The van der Waals surface area contributed by atoms with E-state index in [1.807, 2.05) is 44.2 Å². The summed E-state index contributed by atoms with van der Waals surface area (Å²) in [6, 6.07) is 18.5. The van der Waals surface area contributed by atoms with Gasteiger partial charge in [-0.25, -0.2) is 0 Å². The first kappa shape index (κ1) is 31.0. The van der Waals surface area contributed by atoms with Crippen LogP contribution >= 0.6 is 0 Å². The van der Waals surface area contributed by atoms with Crippen LogP contribution in [0.5, 0.6) is 5.75 Å². The number of aryl methyl sites for hydroxylation is 1. The Bertz CT molecular complexity index is 848. The molecule has 0 aliphatic rings. The van der Waals surface area contributed by atoms with Crippen molar-refractivity contribution in [3.63, 3.8) is 0 Å². The molecule has 2 nitrogen and oxygen atoms in total. The largest absolute Gasteiger partial charge is 0.497 e. The van der Waals surface area contributed by atoms with Crippen LogP contribution in [0.1, 0.15) is 70.1 Å². The van der Waals surface area contributed by atoms with E-state index in [4.69, 9.17) is 4.74 Å². The van der Waals surface area contributed by atoms with Crippen LogP contribution in [0.2, 0.25) is 0 Å². The molecule has 0 bridgehead atoms. The lowest BCUT2D eigenvalue weighted by Crippen LogP contribution is -1.97. The van der Waals surface area contributed by atoms with Crippen LogP contribution in [-0.2, 0) is 6.42 Å². The maximum atomic E-state index is 9.47. The fourth-order valence-electron chi connectivity index (χ4n) is 2.51. The summed E-state index contributed by atoms with van der Waals surface area (Å²) in [5, 5.41) is 9.47. The maximum absolute atomic E-state index is 9.47. The van der Waals surface area contributed by atoms with E-state index in [1.165, 1.54) is 17.5 Å². The van der Waals surface area contributed by atoms with Crippen LogP contribution in [0.15, 0.2) is 72.8 Å². The summed E-state index contributed by atoms with van der Waals surface area (Å²) in [5.74, 6) is 2.81. The van der Waals surface area contributed by atoms with Gasteiger partial charge in [0.25, 0.3) is 0 Å². The van der Waals surface area contributed by atoms with E-state index in [0.717, 1.165) is 23.3 Å². The van der Waals surface area contributed by atoms with Gasteiger partial charge >= 0.3 is 0 Å². The zero-order chi connectivity index (χ0) is 24.8. The number of benzene rings is 2. The van der Waals surface area contributed by atoms with Gasteiger partial charge in [-0.1, -0.05) is 100 Å². The smallest absolute Gasteiger partial charge is 0.119 e. The van der Waals surface area contributed by atoms with Crippen molar-refractivity contribution < 1.29 is 4.74 Å².